The first-order chi connectivity index (χ1) is 10.5. The van der Waals surface area contributed by atoms with Crippen molar-refractivity contribution < 1.29 is 29.9 Å². The fraction of sp³-hybridized carbons (Fsp3) is 0.467. The number of nitrogens with one attached hydrogen (secondary N) is 1. The van der Waals surface area contributed by atoms with E-state index >= 15 is 0 Å². The Kier molecular flexibility index (Phi) is 5.74. The van der Waals surface area contributed by atoms with Crippen molar-refractivity contribution in [3.63, 3.8) is 0 Å². The Bertz CT molecular complexity index is 511. The predicted molar refractivity (Wildman–Crippen MR) is 75.9 cm³/mol. The Morgan fingerprint density at radius 3 is 2.73 bits per heavy atom. The van der Waals surface area contributed by atoms with E-state index in [1.165, 1.54) is 24.3 Å². The monoisotopic (exact) mass is 308 g/mol. The van der Waals surface area contributed by atoms with Crippen LogP contribution in [0.2, 0.25) is 0 Å². The van der Waals surface area contributed by atoms with Crippen molar-refractivity contribution in [2.75, 3.05) is 18.5 Å². The number of ether oxygens (including phenoxy) is 1. The maximum Gasteiger partial charge on any atom is 0.230 e. The van der Waals surface area contributed by atoms with E-state index in [9.17, 15) is 14.7 Å². The topological polar surface area (TPSA) is 115 Å². The van der Waals surface area contributed by atoms with Gasteiger partial charge in [-0.05, 0) is 37.1 Å². The van der Waals surface area contributed by atoms with E-state index in [1.54, 1.807) is 5.32 Å². The molecule has 2 atom stereocenters. The van der Waals surface area contributed by atoms with E-state index in [-0.39, 0.29) is 18.3 Å². The van der Waals surface area contributed by atoms with Gasteiger partial charge in [0.25, 0.3) is 0 Å². The highest BCUT2D eigenvalue weighted by Gasteiger charge is 2.23. The molecule has 1 amide bonds. The molecule has 7 heteroatoms. The normalized spacial score (nSPS) is 18.8. The van der Waals surface area contributed by atoms with Crippen molar-refractivity contribution in [2.24, 2.45) is 0 Å². The van der Waals surface area contributed by atoms with Crippen molar-refractivity contribution in [2.45, 2.75) is 31.4 Å². The van der Waals surface area contributed by atoms with Gasteiger partial charge in [-0.3, -0.25) is 4.79 Å². The number of rotatable bonds is 7. The minimum Gasteiger partial charge on any atom is -0.544 e. The van der Waals surface area contributed by atoms with Crippen LogP contribution >= 0.6 is 0 Å². The number of hydrogen-bond donors (Lipinski definition) is 3. The fourth-order valence-corrected chi connectivity index (χ4v) is 2.37. The molecule has 1 fully saturated rings. The SMILES string of the molecule is O=C(CC([NH2+]CC1CCCO1)C(=O)[O-])Nc1ccc(O)cc1. The van der Waals surface area contributed by atoms with Crippen LogP contribution in [0.4, 0.5) is 5.69 Å². The smallest absolute Gasteiger partial charge is 0.230 e. The second-order valence-corrected chi connectivity index (χ2v) is 5.33. The van der Waals surface area contributed by atoms with Gasteiger partial charge in [-0.15, -0.1) is 0 Å². The Morgan fingerprint density at radius 2 is 2.14 bits per heavy atom. The van der Waals surface area contributed by atoms with E-state index < -0.39 is 17.9 Å². The molecular weight excluding hydrogens is 288 g/mol. The summed E-state index contributed by atoms with van der Waals surface area (Å²) in [6.45, 7) is 1.21. The van der Waals surface area contributed by atoms with Crippen LogP contribution in [0.1, 0.15) is 19.3 Å². The van der Waals surface area contributed by atoms with Crippen LogP contribution in [-0.4, -0.2) is 42.3 Å². The average Bonchev–Trinajstić information content (AvgIpc) is 2.99. The maximum atomic E-state index is 11.9. The minimum atomic E-state index is -1.26. The van der Waals surface area contributed by atoms with Crippen molar-refractivity contribution in [3.8, 4) is 5.75 Å². The summed E-state index contributed by atoms with van der Waals surface area (Å²) in [5.41, 5.74) is 0.499. The van der Waals surface area contributed by atoms with Gasteiger partial charge in [-0.1, -0.05) is 0 Å². The molecule has 0 radical (unpaired) electrons. The highest BCUT2D eigenvalue weighted by molar-refractivity contribution is 5.93. The number of carboxylic acids is 1. The zero-order chi connectivity index (χ0) is 15.9. The second-order valence-electron chi connectivity index (χ2n) is 5.33. The number of aromatic hydroxyl groups is 1. The Hall–Kier alpha value is -2.12. The summed E-state index contributed by atoms with van der Waals surface area (Å²) in [5, 5.41) is 24.5. The number of hydrogen-bond acceptors (Lipinski definition) is 5. The summed E-state index contributed by atoms with van der Waals surface area (Å²) < 4.78 is 5.43. The van der Waals surface area contributed by atoms with Crippen molar-refractivity contribution >= 4 is 17.6 Å². The van der Waals surface area contributed by atoms with E-state index in [1.807, 2.05) is 0 Å². The Balaban J connectivity index is 1.82. The lowest BCUT2D eigenvalue weighted by molar-refractivity contribution is -0.687. The molecule has 1 heterocycles. The molecular formula is C15H20N2O5. The summed E-state index contributed by atoms with van der Waals surface area (Å²) in [7, 11) is 0. The number of nitrogens with two attached hydrogens (primary N) is 1. The zero-order valence-corrected chi connectivity index (χ0v) is 12.2. The molecule has 0 saturated carbocycles. The van der Waals surface area contributed by atoms with E-state index in [0.29, 0.717) is 18.8 Å². The molecule has 2 unspecified atom stereocenters. The van der Waals surface area contributed by atoms with E-state index in [0.717, 1.165) is 12.8 Å². The molecule has 1 aliphatic heterocycles. The van der Waals surface area contributed by atoms with Crippen LogP contribution in [0, 0.1) is 0 Å². The van der Waals surface area contributed by atoms with Gasteiger partial charge in [-0.25, -0.2) is 0 Å². The number of benzene rings is 1. The fourth-order valence-electron chi connectivity index (χ4n) is 2.37. The largest absolute Gasteiger partial charge is 0.544 e. The summed E-state index contributed by atoms with van der Waals surface area (Å²) in [4.78, 5) is 23.0. The molecule has 4 N–H and O–H groups in total. The molecule has 1 aromatic carbocycles. The van der Waals surface area contributed by atoms with Gasteiger partial charge in [0.1, 0.15) is 24.4 Å². The summed E-state index contributed by atoms with van der Waals surface area (Å²) >= 11 is 0. The molecule has 120 valence electrons. The van der Waals surface area contributed by atoms with Gasteiger partial charge in [-0.2, -0.15) is 0 Å². The van der Waals surface area contributed by atoms with Crippen LogP contribution in [-0.2, 0) is 14.3 Å². The number of anilines is 1. The highest BCUT2D eigenvalue weighted by atomic mass is 16.5. The molecule has 1 aromatic rings. The van der Waals surface area contributed by atoms with Crippen molar-refractivity contribution in [1.82, 2.24) is 0 Å². The van der Waals surface area contributed by atoms with Crippen LogP contribution in [0.25, 0.3) is 0 Å². The van der Waals surface area contributed by atoms with Gasteiger partial charge in [0, 0.05) is 12.3 Å². The molecule has 7 nitrogen and oxygen atoms in total. The average molecular weight is 308 g/mol. The molecule has 0 aliphatic carbocycles. The van der Waals surface area contributed by atoms with Gasteiger partial charge in [0.2, 0.25) is 5.91 Å². The molecule has 0 bridgehead atoms. The predicted octanol–water partition coefficient (Wildman–Crippen LogP) is -1.42. The zero-order valence-electron chi connectivity index (χ0n) is 12.2. The number of amides is 1. The number of carbonyl (C=O) groups excluding carboxylic acids is 2. The third kappa shape index (κ3) is 5.01. The van der Waals surface area contributed by atoms with Gasteiger partial charge >= 0.3 is 0 Å². The number of carboxylic acid groups (broad SMARTS) is 1. The number of phenols is 1. The molecule has 1 aliphatic rings. The van der Waals surface area contributed by atoms with Gasteiger partial charge < -0.3 is 30.4 Å². The molecule has 2 rings (SSSR count). The minimum absolute atomic E-state index is 0.0435. The number of aliphatic carboxylic acids is 1. The van der Waals surface area contributed by atoms with Crippen LogP contribution in [0.5, 0.6) is 5.75 Å². The second kappa shape index (κ2) is 7.77. The van der Waals surface area contributed by atoms with Crippen molar-refractivity contribution in [1.29, 1.82) is 0 Å². The summed E-state index contributed by atoms with van der Waals surface area (Å²) in [6, 6.07) is 5.01. The lowest BCUT2D eigenvalue weighted by Gasteiger charge is -2.18. The third-order valence-corrected chi connectivity index (χ3v) is 3.57. The number of carbonyl (C=O) groups is 2. The van der Waals surface area contributed by atoms with Crippen LogP contribution < -0.4 is 15.7 Å². The number of phenolic OH excluding ortho intramolecular Hbond substituents is 1. The van der Waals surface area contributed by atoms with Crippen LogP contribution in [0.15, 0.2) is 24.3 Å². The Labute approximate surface area is 128 Å². The standard InChI is InChI=1S/C15H20N2O5/c18-11-5-3-10(4-6-11)17-14(19)8-13(15(20)21)16-9-12-2-1-7-22-12/h3-6,12-13,16,18H,1-2,7-9H2,(H,17,19)(H,20,21). The van der Waals surface area contributed by atoms with Crippen molar-refractivity contribution in [3.05, 3.63) is 24.3 Å². The lowest BCUT2D eigenvalue weighted by atomic mass is 10.1. The molecule has 22 heavy (non-hydrogen) atoms. The van der Waals surface area contributed by atoms with Gasteiger partial charge in [0.15, 0.2) is 0 Å². The molecule has 1 saturated heterocycles. The van der Waals surface area contributed by atoms with E-state index in [4.69, 9.17) is 9.84 Å². The first-order valence-corrected chi connectivity index (χ1v) is 7.29. The summed E-state index contributed by atoms with van der Waals surface area (Å²) in [6.07, 6.45) is 1.75. The maximum absolute atomic E-state index is 11.9. The van der Waals surface area contributed by atoms with E-state index in [2.05, 4.69) is 5.32 Å². The van der Waals surface area contributed by atoms with Crippen LogP contribution in [0.3, 0.4) is 0 Å². The van der Waals surface area contributed by atoms with Gasteiger partial charge in [0.05, 0.1) is 12.4 Å². The molecule has 0 spiro atoms. The Morgan fingerprint density at radius 1 is 1.41 bits per heavy atom. The molecule has 0 aromatic heterocycles. The number of quaternary nitrogens is 1. The third-order valence-electron chi connectivity index (χ3n) is 3.57. The highest BCUT2D eigenvalue weighted by Crippen LogP contribution is 2.14. The first kappa shape index (κ1) is 16.3. The summed E-state index contributed by atoms with van der Waals surface area (Å²) in [5.74, 6) is -1.59. The lowest BCUT2D eigenvalue weighted by Crippen LogP contribution is -2.94. The quantitative estimate of drug-likeness (QED) is 0.535. The first-order valence-electron chi connectivity index (χ1n) is 7.29.